The molecule has 0 aliphatic heterocycles. The fourth-order valence-electron chi connectivity index (χ4n) is 3.20. The molecule has 0 radical (unpaired) electrons. The number of carbonyl (C=O) groups is 1. The van der Waals surface area contributed by atoms with Gasteiger partial charge in [0.15, 0.2) is 0 Å². The van der Waals surface area contributed by atoms with Crippen molar-refractivity contribution in [2.45, 2.75) is 18.8 Å². The molecule has 2 nitrogen and oxygen atoms in total. The first-order valence-corrected chi connectivity index (χ1v) is 8.89. The van der Waals surface area contributed by atoms with E-state index in [9.17, 15) is 4.79 Å². The van der Waals surface area contributed by atoms with Crippen LogP contribution in [0.15, 0.2) is 60.9 Å². The zero-order chi connectivity index (χ0) is 15.8. The van der Waals surface area contributed by atoms with E-state index in [2.05, 4.69) is 64.0 Å². The highest BCUT2D eigenvalue weighted by Gasteiger charge is 2.43. The number of fused-ring (bicyclic) bond motifs is 1. The minimum atomic E-state index is 0.197. The maximum atomic E-state index is 12.5. The molecule has 1 aromatic heterocycles. The van der Waals surface area contributed by atoms with E-state index in [-0.39, 0.29) is 5.92 Å². The molecule has 1 saturated carbocycles. The van der Waals surface area contributed by atoms with Gasteiger partial charge >= 0.3 is 0 Å². The predicted octanol–water partition coefficient (Wildman–Crippen LogP) is 4.75. The van der Waals surface area contributed by atoms with Crippen LogP contribution >= 0.6 is 22.6 Å². The van der Waals surface area contributed by atoms with Gasteiger partial charge in [0, 0.05) is 33.7 Å². The van der Waals surface area contributed by atoms with Crippen molar-refractivity contribution in [3.05, 3.63) is 75.6 Å². The second-order valence-electron chi connectivity index (χ2n) is 6.20. The van der Waals surface area contributed by atoms with Crippen molar-refractivity contribution < 1.29 is 4.79 Å². The highest BCUT2D eigenvalue weighted by atomic mass is 127. The summed E-state index contributed by atoms with van der Waals surface area (Å²) in [5, 5.41) is 2.27. The Kier molecular flexibility index (Phi) is 3.89. The van der Waals surface area contributed by atoms with E-state index in [1.807, 2.05) is 18.3 Å². The summed E-state index contributed by atoms with van der Waals surface area (Å²) in [7, 11) is 0. The highest BCUT2D eigenvalue weighted by Crippen LogP contribution is 2.48. The first-order chi connectivity index (χ1) is 11.2. The second-order valence-corrected chi connectivity index (χ2v) is 7.45. The fourth-order valence-corrected chi connectivity index (χ4v) is 3.56. The summed E-state index contributed by atoms with van der Waals surface area (Å²) in [6.07, 6.45) is 5.18. The van der Waals surface area contributed by atoms with Gasteiger partial charge in [-0.3, -0.25) is 9.78 Å². The van der Waals surface area contributed by atoms with Crippen molar-refractivity contribution in [1.29, 1.82) is 0 Å². The molecule has 1 aliphatic rings. The largest absolute Gasteiger partial charge is 0.299 e. The van der Waals surface area contributed by atoms with Gasteiger partial charge < -0.3 is 0 Å². The number of pyridine rings is 1. The summed E-state index contributed by atoms with van der Waals surface area (Å²) >= 11 is 2.31. The van der Waals surface area contributed by atoms with E-state index >= 15 is 0 Å². The molecule has 0 N–H and O–H groups in total. The number of rotatable bonds is 4. The van der Waals surface area contributed by atoms with Gasteiger partial charge in [-0.15, -0.1) is 0 Å². The number of Topliss-reactive ketones (excluding diaryl/α,β-unsaturated/α-hetero) is 1. The van der Waals surface area contributed by atoms with E-state index in [0.29, 0.717) is 18.1 Å². The van der Waals surface area contributed by atoms with Crippen molar-refractivity contribution in [2.75, 3.05) is 0 Å². The molecule has 4 rings (SSSR count). The lowest BCUT2D eigenvalue weighted by atomic mass is 10.0. The third-order valence-electron chi connectivity index (χ3n) is 4.59. The summed E-state index contributed by atoms with van der Waals surface area (Å²) in [5.74, 6) is 0.981. The number of hydrogen-bond acceptors (Lipinski definition) is 2. The third kappa shape index (κ3) is 3.15. The molecule has 2 atom stereocenters. The van der Waals surface area contributed by atoms with Crippen LogP contribution in [-0.4, -0.2) is 10.8 Å². The maximum Gasteiger partial charge on any atom is 0.140 e. The Balaban J connectivity index is 1.46. The van der Waals surface area contributed by atoms with Gasteiger partial charge in [-0.2, -0.15) is 0 Å². The Hall–Kier alpha value is -1.75. The second kappa shape index (κ2) is 6.04. The molecule has 1 fully saturated rings. The van der Waals surface area contributed by atoms with Crippen LogP contribution in [0.5, 0.6) is 0 Å². The molecule has 0 amide bonds. The lowest BCUT2D eigenvalue weighted by Gasteiger charge is -2.04. The summed E-state index contributed by atoms with van der Waals surface area (Å²) in [6.45, 7) is 0. The smallest absolute Gasteiger partial charge is 0.140 e. The molecule has 23 heavy (non-hydrogen) atoms. The minimum Gasteiger partial charge on any atom is -0.299 e. The van der Waals surface area contributed by atoms with Crippen molar-refractivity contribution in [1.82, 2.24) is 4.98 Å². The van der Waals surface area contributed by atoms with Crippen molar-refractivity contribution in [3.63, 3.8) is 0 Å². The lowest BCUT2D eigenvalue weighted by Crippen LogP contribution is -2.06. The van der Waals surface area contributed by atoms with Gasteiger partial charge in [-0.05, 0) is 69.6 Å². The van der Waals surface area contributed by atoms with Crippen LogP contribution in [0.3, 0.4) is 0 Å². The van der Waals surface area contributed by atoms with Crippen molar-refractivity contribution in [2.24, 2.45) is 5.92 Å². The zero-order valence-corrected chi connectivity index (χ0v) is 14.7. The molecule has 0 bridgehead atoms. The molecule has 1 aliphatic carbocycles. The van der Waals surface area contributed by atoms with Crippen LogP contribution in [0.25, 0.3) is 10.8 Å². The molecular weight excluding hydrogens is 397 g/mol. The number of carbonyl (C=O) groups excluding carboxylic acids is 1. The Morgan fingerprint density at radius 1 is 1.09 bits per heavy atom. The van der Waals surface area contributed by atoms with Crippen LogP contribution in [0.4, 0.5) is 0 Å². The number of hydrogen-bond donors (Lipinski definition) is 0. The zero-order valence-electron chi connectivity index (χ0n) is 12.6. The van der Waals surface area contributed by atoms with E-state index in [1.165, 1.54) is 9.13 Å². The Labute approximate surface area is 149 Å². The monoisotopic (exact) mass is 413 g/mol. The summed E-state index contributed by atoms with van der Waals surface area (Å²) in [5.41, 5.74) is 2.40. The third-order valence-corrected chi connectivity index (χ3v) is 5.30. The van der Waals surface area contributed by atoms with E-state index in [1.54, 1.807) is 6.20 Å². The lowest BCUT2D eigenvalue weighted by molar-refractivity contribution is -0.119. The van der Waals surface area contributed by atoms with Crippen LogP contribution in [0.1, 0.15) is 23.5 Å². The highest BCUT2D eigenvalue weighted by molar-refractivity contribution is 14.1. The average Bonchev–Trinajstić information content (AvgIpc) is 3.36. The standard InChI is InChI=1S/C20H16INO/c21-17-5-3-14(4-6-17)18-11-19(18)20(23)10-13-1-2-16-12-22-8-7-15(16)9-13/h1-9,12,18-19H,10-11H2/t18?,19-/m1/s1. The van der Waals surface area contributed by atoms with Gasteiger partial charge in [-0.25, -0.2) is 0 Å². The Bertz CT molecular complexity index is 872. The van der Waals surface area contributed by atoms with E-state index < -0.39 is 0 Å². The molecular formula is C20H16INO. The molecule has 0 saturated heterocycles. The van der Waals surface area contributed by atoms with Gasteiger partial charge in [0.1, 0.15) is 5.78 Å². The summed E-state index contributed by atoms with van der Waals surface area (Å²) in [4.78, 5) is 16.7. The maximum absolute atomic E-state index is 12.5. The number of nitrogens with zero attached hydrogens (tertiary/aromatic N) is 1. The SMILES string of the molecule is O=C(Cc1ccc2cnccc2c1)[C@@H]1CC1c1ccc(I)cc1. The number of benzene rings is 2. The molecule has 1 unspecified atom stereocenters. The van der Waals surface area contributed by atoms with Crippen LogP contribution in [0.2, 0.25) is 0 Å². The Morgan fingerprint density at radius 3 is 2.74 bits per heavy atom. The Morgan fingerprint density at radius 2 is 1.91 bits per heavy atom. The number of aromatic nitrogens is 1. The van der Waals surface area contributed by atoms with Crippen molar-refractivity contribution >= 4 is 39.1 Å². The minimum absolute atomic E-state index is 0.197. The van der Waals surface area contributed by atoms with Crippen molar-refractivity contribution in [3.8, 4) is 0 Å². The molecule has 3 heteroatoms. The fraction of sp³-hybridized carbons (Fsp3) is 0.200. The molecule has 0 spiro atoms. The predicted molar refractivity (Wildman–Crippen MR) is 100 cm³/mol. The van der Waals surface area contributed by atoms with Crippen LogP contribution < -0.4 is 0 Å². The van der Waals surface area contributed by atoms with E-state index in [0.717, 1.165) is 22.8 Å². The summed E-state index contributed by atoms with van der Waals surface area (Å²) < 4.78 is 1.24. The number of halogens is 1. The summed E-state index contributed by atoms with van der Waals surface area (Å²) in [6, 6.07) is 16.7. The van der Waals surface area contributed by atoms with Crippen LogP contribution in [-0.2, 0) is 11.2 Å². The topological polar surface area (TPSA) is 30.0 Å². The molecule has 114 valence electrons. The normalized spacial score (nSPS) is 19.7. The first-order valence-electron chi connectivity index (χ1n) is 7.81. The van der Waals surface area contributed by atoms with Gasteiger partial charge in [0.25, 0.3) is 0 Å². The average molecular weight is 413 g/mol. The molecule has 1 heterocycles. The number of ketones is 1. The van der Waals surface area contributed by atoms with Gasteiger partial charge in [-0.1, -0.05) is 30.3 Å². The first kappa shape index (κ1) is 14.8. The van der Waals surface area contributed by atoms with Gasteiger partial charge in [0.2, 0.25) is 0 Å². The quantitative estimate of drug-likeness (QED) is 0.578. The molecule has 2 aromatic carbocycles. The van der Waals surface area contributed by atoms with Crippen LogP contribution in [0, 0.1) is 9.49 Å². The van der Waals surface area contributed by atoms with E-state index in [4.69, 9.17) is 0 Å². The van der Waals surface area contributed by atoms with Gasteiger partial charge in [0.05, 0.1) is 0 Å². The molecule has 3 aromatic rings.